The second kappa shape index (κ2) is 6.27. The Hall–Kier alpha value is -2.35. The van der Waals surface area contributed by atoms with Crippen LogP contribution in [0.2, 0.25) is 5.02 Å². The fourth-order valence-corrected chi connectivity index (χ4v) is 3.27. The van der Waals surface area contributed by atoms with Gasteiger partial charge in [0, 0.05) is 10.4 Å². The van der Waals surface area contributed by atoms with E-state index in [4.69, 9.17) is 16.0 Å². The number of rotatable bonds is 4. The third-order valence-electron chi connectivity index (χ3n) is 3.30. The fourth-order valence-electron chi connectivity index (χ4n) is 2.14. The molecule has 2 aromatic carbocycles. The molecule has 3 rings (SSSR count). The van der Waals surface area contributed by atoms with Crippen LogP contribution in [0.1, 0.15) is 16.1 Å². The molecule has 0 saturated carbocycles. The quantitative estimate of drug-likeness (QED) is 0.696. The summed E-state index contributed by atoms with van der Waals surface area (Å²) >= 11 is 5.88. The number of nitrogens with one attached hydrogen (secondary N) is 2. The molecule has 0 aliphatic rings. The molecule has 1 heterocycles. The van der Waals surface area contributed by atoms with Crippen LogP contribution in [0.3, 0.4) is 0 Å². The average Bonchev–Trinajstić information content (AvgIpc) is 2.96. The third-order valence-corrected chi connectivity index (χ3v) is 4.78. The summed E-state index contributed by atoms with van der Waals surface area (Å²) in [7, 11) is -3.87. The topological polar surface area (TPSA) is 88.4 Å². The van der Waals surface area contributed by atoms with Gasteiger partial charge in [0.15, 0.2) is 5.76 Å². The van der Waals surface area contributed by atoms with Gasteiger partial charge in [-0.05, 0) is 48.9 Å². The minimum Gasteiger partial charge on any atom is -0.451 e. The Morgan fingerprint density at radius 3 is 2.67 bits per heavy atom. The molecule has 0 bridgehead atoms. The number of carbonyl (C=O) groups excluding carboxylic acids is 1. The lowest BCUT2D eigenvalue weighted by Crippen LogP contribution is -2.41. The third kappa shape index (κ3) is 3.43. The van der Waals surface area contributed by atoms with Gasteiger partial charge >= 0.3 is 5.91 Å². The van der Waals surface area contributed by atoms with Gasteiger partial charge in [0.05, 0.1) is 4.90 Å². The predicted octanol–water partition coefficient (Wildman–Crippen LogP) is 3.02. The number of furan rings is 1. The minimum absolute atomic E-state index is 0.0285. The van der Waals surface area contributed by atoms with E-state index in [9.17, 15) is 13.2 Å². The van der Waals surface area contributed by atoms with Gasteiger partial charge in [0.1, 0.15) is 5.58 Å². The molecule has 2 N–H and O–H groups in total. The number of hydrogen-bond acceptors (Lipinski definition) is 4. The molecule has 124 valence electrons. The molecule has 1 amide bonds. The van der Waals surface area contributed by atoms with Crippen LogP contribution in [0.15, 0.2) is 57.8 Å². The van der Waals surface area contributed by atoms with Crippen LogP contribution >= 0.6 is 11.6 Å². The van der Waals surface area contributed by atoms with Crippen molar-refractivity contribution in [3.05, 3.63) is 64.9 Å². The van der Waals surface area contributed by atoms with Gasteiger partial charge in [0.25, 0.3) is 10.0 Å². The summed E-state index contributed by atoms with van der Waals surface area (Å²) < 4.78 is 29.7. The highest BCUT2D eigenvalue weighted by Gasteiger charge is 2.18. The Morgan fingerprint density at radius 1 is 1.12 bits per heavy atom. The van der Waals surface area contributed by atoms with Crippen LogP contribution in [-0.2, 0) is 10.0 Å². The molecule has 0 spiro atoms. The second-order valence-electron chi connectivity index (χ2n) is 5.17. The smallest absolute Gasteiger partial charge is 0.301 e. The van der Waals surface area contributed by atoms with E-state index in [0.29, 0.717) is 16.0 Å². The van der Waals surface area contributed by atoms with Crippen molar-refractivity contribution in [3.8, 4) is 0 Å². The molecule has 3 aromatic rings. The Kier molecular flexibility index (Phi) is 4.31. The van der Waals surface area contributed by atoms with Crippen molar-refractivity contribution < 1.29 is 17.6 Å². The summed E-state index contributed by atoms with van der Waals surface area (Å²) in [5.74, 6) is -0.738. The number of amides is 1. The standard InChI is InChI=1S/C16H13ClN2O4S/c1-10-3-2-4-13(7-10)24(21,22)19-18-16(20)15-9-11-8-12(17)5-6-14(11)23-15/h2-9,19H,1H3,(H,18,20). The molecular weight excluding hydrogens is 352 g/mol. The van der Waals surface area contributed by atoms with Gasteiger partial charge in [-0.1, -0.05) is 23.7 Å². The summed E-state index contributed by atoms with van der Waals surface area (Å²) in [5.41, 5.74) is 3.40. The molecule has 24 heavy (non-hydrogen) atoms. The normalized spacial score (nSPS) is 11.6. The largest absolute Gasteiger partial charge is 0.451 e. The predicted molar refractivity (Wildman–Crippen MR) is 90.2 cm³/mol. The molecule has 0 unspecified atom stereocenters. The number of hydrogen-bond donors (Lipinski definition) is 2. The van der Waals surface area contributed by atoms with Crippen molar-refractivity contribution >= 4 is 38.5 Å². The molecule has 0 radical (unpaired) electrons. The highest BCUT2D eigenvalue weighted by Crippen LogP contribution is 2.23. The van der Waals surface area contributed by atoms with Gasteiger partial charge < -0.3 is 4.42 Å². The van der Waals surface area contributed by atoms with Crippen LogP contribution in [0, 0.1) is 6.92 Å². The Bertz CT molecular complexity index is 1030. The zero-order valence-electron chi connectivity index (χ0n) is 12.5. The van der Waals surface area contributed by atoms with Crippen molar-refractivity contribution in [2.45, 2.75) is 11.8 Å². The molecule has 0 aliphatic heterocycles. The van der Waals surface area contributed by atoms with E-state index in [2.05, 4.69) is 5.43 Å². The number of benzene rings is 2. The monoisotopic (exact) mass is 364 g/mol. The Morgan fingerprint density at radius 2 is 1.92 bits per heavy atom. The van der Waals surface area contributed by atoms with E-state index in [0.717, 1.165) is 5.56 Å². The highest BCUT2D eigenvalue weighted by molar-refractivity contribution is 7.89. The number of sulfonamides is 1. The Balaban J connectivity index is 1.76. The van der Waals surface area contributed by atoms with E-state index in [-0.39, 0.29) is 10.7 Å². The first-order valence-electron chi connectivity index (χ1n) is 6.93. The SMILES string of the molecule is Cc1cccc(S(=O)(=O)NNC(=O)c2cc3cc(Cl)ccc3o2)c1. The van der Waals surface area contributed by atoms with Crippen molar-refractivity contribution in [1.29, 1.82) is 0 Å². The lowest BCUT2D eigenvalue weighted by atomic mass is 10.2. The van der Waals surface area contributed by atoms with Gasteiger partial charge in [-0.3, -0.25) is 10.2 Å². The Labute approximate surface area is 143 Å². The minimum atomic E-state index is -3.87. The molecule has 0 atom stereocenters. The summed E-state index contributed by atoms with van der Waals surface area (Å²) in [6.07, 6.45) is 0. The number of fused-ring (bicyclic) bond motifs is 1. The highest BCUT2D eigenvalue weighted by atomic mass is 35.5. The van der Waals surface area contributed by atoms with Crippen LogP contribution in [0.4, 0.5) is 0 Å². The van der Waals surface area contributed by atoms with E-state index >= 15 is 0 Å². The molecule has 1 aromatic heterocycles. The molecule has 8 heteroatoms. The first-order chi connectivity index (χ1) is 11.3. The number of aryl methyl sites for hydroxylation is 1. The molecule has 0 fully saturated rings. The van der Waals surface area contributed by atoms with Crippen LogP contribution in [0.5, 0.6) is 0 Å². The fraction of sp³-hybridized carbons (Fsp3) is 0.0625. The molecular formula is C16H13ClN2O4S. The van der Waals surface area contributed by atoms with Crippen LogP contribution < -0.4 is 10.3 Å². The van der Waals surface area contributed by atoms with Crippen LogP contribution in [0.25, 0.3) is 11.0 Å². The maximum atomic E-state index is 12.2. The zero-order valence-corrected chi connectivity index (χ0v) is 14.1. The summed E-state index contributed by atoms with van der Waals surface area (Å²) in [6.45, 7) is 1.77. The first-order valence-corrected chi connectivity index (χ1v) is 8.79. The summed E-state index contributed by atoms with van der Waals surface area (Å²) in [4.78, 5) is 14.2. The van der Waals surface area contributed by atoms with Crippen molar-refractivity contribution in [2.75, 3.05) is 0 Å². The van der Waals surface area contributed by atoms with Crippen molar-refractivity contribution in [3.63, 3.8) is 0 Å². The molecule has 6 nitrogen and oxygen atoms in total. The van der Waals surface area contributed by atoms with Gasteiger partial charge in [0.2, 0.25) is 0 Å². The summed E-state index contributed by atoms with van der Waals surface area (Å²) in [6, 6.07) is 12.7. The van der Waals surface area contributed by atoms with Gasteiger partial charge in [-0.25, -0.2) is 8.42 Å². The lowest BCUT2D eigenvalue weighted by molar-refractivity contribution is 0.0919. The lowest BCUT2D eigenvalue weighted by Gasteiger charge is -2.07. The molecule has 0 aliphatic carbocycles. The number of carbonyl (C=O) groups is 1. The van der Waals surface area contributed by atoms with E-state index in [1.807, 2.05) is 4.83 Å². The summed E-state index contributed by atoms with van der Waals surface area (Å²) in [5, 5.41) is 1.16. The number of halogens is 1. The first kappa shape index (κ1) is 16.5. The van der Waals surface area contributed by atoms with E-state index in [1.165, 1.54) is 18.2 Å². The van der Waals surface area contributed by atoms with E-state index in [1.54, 1.807) is 37.3 Å². The van der Waals surface area contributed by atoms with Gasteiger partial charge in [-0.15, -0.1) is 4.83 Å². The van der Waals surface area contributed by atoms with Crippen molar-refractivity contribution in [2.24, 2.45) is 0 Å². The maximum absolute atomic E-state index is 12.2. The van der Waals surface area contributed by atoms with Crippen molar-refractivity contribution in [1.82, 2.24) is 10.3 Å². The molecule has 0 saturated heterocycles. The van der Waals surface area contributed by atoms with E-state index < -0.39 is 15.9 Å². The van der Waals surface area contributed by atoms with Crippen LogP contribution in [-0.4, -0.2) is 14.3 Å². The van der Waals surface area contributed by atoms with Gasteiger partial charge in [-0.2, -0.15) is 0 Å². The zero-order chi connectivity index (χ0) is 17.3. The number of hydrazine groups is 1. The second-order valence-corrected chi connectivity index (χ2v) is 7.29. The maximum Gasteiger partial charge on any atom is 0.301 e. The average molecular weight is 365 g/mol.